The van der Waals surface area contributed by atoms with Crippen molar-refractivity contribution >= 4 is 30.1 Å². The summed E-state index contributed by atoms with van der Waals surface area (Å²) in [6.45, 7) is 7.36. The Hall–Kier alpha value is -2.78. The van der Waals surface area contributed by atoms with E-state index in [4.69, 9.17) is 15.2 Å². The number of Topliss-reactive ketones (excluding diaryl/α,β-unsaturated/α-hetero) is 1. The first-order chi connectivity index (χ1) is 17.1. The van der Waals surface area contributed by atoms with Crippen molar-refractivity contribution in [3.05, 3.63) is 71.8 Å². The molecule has 0 aliphatic carbocycles. The number of ether oxygens (including phenoxy) is 2. The standard InChI is InChI=1S/C28H37N3O5.ClH/c1-5-35-26(34)28(21-14-10-7-11-15-21)16-17-30-24(31-25(33)27(3,4)29)22(28)23(32)19(2)36-18-20-12-8-6-9-13-20;/h6-15,19,22,24,30H,5,16-18,29H2,1-4H3,(H,31,33);1H. The number of esters is 1. The van der Waals surface area contributed by atoms with Gasteiger partial charge >= 0.3 is 5.97 Å². The summed E-state index contributed by atoms with van der Waals surface area (Å²) in [4.78, 5) is 40.7. The maximum atomic E-state index is 14.1. The van der Waals surface area contributed by atoms with Crippen molar-refractivity contribution in [3.8, 4) is 0 Å². The minimum Gasteiger partial charge on any atom is -0.465 e. The zero-order chi connectivity index (χ0) is 26.3. The van der Waals surface area contributed by atoms with Crippen LogP contribution in [0.15, 0.2) is 60.7 Å². The summed E-state index contributed by atoms with van der Waals surface area (Å²) in [5, 5.41) is 6.11. The molecule has 1 amide bonds. The smallest absolute Gasteiger partial charge is 0.317 e. The predicted octanol–water partition coefficient (Wildman–Crippen LogP) is 2.87. The maximum absolute atomic E-state index is 14.1. The molecule has 9 heteroatoms. The monoisotopic (exact) mass is 531 g/mol. The van der Waals surface area contributed by atoms with Gasteiger partial charge in [0, 0.05) is 0 Å². The number of benzene rings is 2. The van der Waals surface area contributed by atoms with Gasteiger partial charge in [0.2, 0.25) is 5.91 Å². The van der Waals surface area contributed by atoms with E-state index in [0.717, 1.165) is 5.56 Å². The van der Waals surface area contributed by atoms with E-state index in [1.165, 1.54) is 0 Å². The van der Waals surface area contributed by atoms with Gasteiger partial charge < -0.3 is 20.5 Å². The van der Waals surface area contributed by atoms with Gasteiger partial charge in [-0.15, -0.1) is 12.4 Å². The first kappa shape index (κ1) is 30.4. The molecule has 4 N–H and O–H groups in total. The Morgan fingerprint density at radius 3 is 2.27 bits per heavy atom. The maximum Gasteiger partial charge on any atom is 0.317 e. The molecular weight excluding hydrogens is 494 g/mol. The van der Waals surface area contributed by atoms with Crippen molar-refractivity contribution in [2.24, 2.45) is 11.7 Å². The largest absolute Gasteiger partial charge is 0.465 e. The Morgan fingerprint density at radius 1 is 1.11 bits per heavy atom. The van der Waals surface area contributed by atoms with E-state index in [-0.39, 0.29) is 31.4 Å². The lowest BCUT2D eigenvalue weighted by atomic mass is 9.62. The highest BCUT2D eigenvalue weighted by Crippen LogP contribution is 2.42. The van der Waals surface area contributed by atoms with Crippen molar-refractivity contribution in [1.82, 2.24) is 10.6 Å². The first-order valence-corrected chi connectivity index (χ1v) is 12.4. The van der Waals surface area contributed by atoms with Crippen LogP contribution >= 0.6 is 12.4 Å². The summed E-state index contributed by atoms with van der Waals surface area (Å²) in [6, 6.07) is 18.7. The summed E-state index contributed by atoms with van der Waals surface area (Å²) < 4.78 is 11.5. The summed E-state index contributed by atoms with van der Waals surface area (Å²) >= 11 is 0. The molecule has 1 fully saturated rings. The van der Waals surface area contributed by atoms with E-state index in [1.54, 1.807) is 27.7 Å². The average molecular weight is 532 g/mol. The molecule has 2 aromatic carbocycles. The molecule has 8 nitrogen and oxygen atoms in total. The van der Waals surface area contributed by atoms with Crippen molar-refractivity contribution < 1.29 is 23.9 Å². The van der Waals surface area contributed by atoms with Crippen LogP contribution in [0.3, 0.4) is 0 Å². The number of piperidine rings is 1. The van der Waals surface area contributed by atoms with Gasteiger partial charge in [-0.05, 0) is 51.8 Å². The van der Waals surface area contributed by atoms with E-state index in [9.17, 15) is 14.4 Å². The molecule has 202 valence electrons. The fourth-order valence-corrected chi connectivity index (χ4v) is 4.65. The zero-order valence-corrected chi connectivity index (χ0v) is 22.7. The van der Waals surface area contributed by atoms with Crippen LogP contribution < -0.4 is 16.4 Å². The van der Waals surface area contributed by atoms with Gasteiger partial charge in [0.1, 0.15) is 11.5 Å². The van der Waals surface area contributed by atoms with Crippen molar-refractivity contribution in [3.63, 3.8) is 0 Å². The molecule has 4 atom stereocenters. The number of carbonyl (C=O) groups excluding carboxylic acids is 3. The second kappa shape index (κ2) is 13.1. The highest BCUT2D eigenvalue weighted by Gasteiger charge is 2.57. The molecule has 1 heterocycles. The number of ketones is 1. The number of amides is 1. The van der Waals surface area contributed by atoms with E-state index < -0.39 is 41.0 Å². The van der Waals surface area contributed by atoms with E-state index in [0.29, 0.717) is 18.5 Å². The van der Waals surface area contributed by atoms with Crippen LogP contribution in [0.1, 0.15) is 45.2 Å². The van der Waals surface area contributed by atoms with Crippen LogP contribution in [0.4, 0.5) is 0 Å². The molecule has 0 radical (unpaired) electrons. The molecule has 1 aliphatic rings. The summed E-state index contributed by atoms with van der Waals surface area (Å²) in [5.74, 6) is -2.25. The molecule has 4 unspecified atom stereocenters. The van der Waals surface area contributed by atoms with Crippen molar-refractivity contribution in [2.75, 3.05) is 13.2 Å². The molecule has 0 bridgehead atoms. The second-order valence-electron chi connectivity index (χ2n) is 9.75. The van der Waals surface area contributed by atoms with E-state index in [2.05, 4.69) is 10.6 Å². The second-order valence-corrected chi connectivity index (χ2v) is 9.75. The molecule has 3 rings (SSSR count). The van der Waals surface area contributed by atoms with Crippen LogP contribution in [0.5, 0.6) is 0 Å². The number of nitrogens with one attached hydrogen (secondary N) is 2. The fraction of sp³-hybridized carbons (Fsp3) is 0.464. The number of halogens is 1. The Kier molecular flexibility index (Phi) is 10.8. The number of hydrogen-bond donors (Lipinski definition) is 3. The fourth-order valence-electron chi connectivity index (χ4n) is 4.65. The quantitative estimate of drug-likeness (QED) is 0.403. The Labute approximate surface area is 225 Å². The van der Waals surface area contributed by atoms with E-state index in [1.807, 2.05) is 60.7 Å². The Balaban J connectivity index is 0.00000481. The SMILES string of the molecule is CCOC(=O)C1(c2ccccc2)CCNC(NC(=O)C(C)(C)N)C1C(=O)C(C)OCc1ccccc1.Cl. The lowest BCUT2D eigenvalue weighted by Gasteiger charge is -2.47. The van der Waals surface area contributed by atoms with Gasteiger partial charge in [0.05, 0.1) is 30.8 Å². The molecule has 0 saturated carbocycles. The Morgan fingerprint density at radius 2 is 1.70 bits per heavy atom. The third-order valence-corrected chi connectivity index (χ3v) is 6.60. The summed E-state index contributed by atoms with van der Waals surface area (Å²) in [6.07, 6.45) is -1.39. The van der Waals surface area contributed by atoms with Gasteiger partial charge in [-0.25, -0.2) is 0 Å². The number of rotatable bonds is 10. The molecule has 2 aromatic rings. The minimum absolute atomic E-state index is 0. The van der Waals surface area contributed by atoms with Gasteiger partial charge in [0.25, 0.3) is 0 Å². The third kappa shape index (κ3) is 6.96. The Bertz CT molecular complexity index is 1040. The molecule has 0 aromatic heterocycles. The van der Waals surface area contributed by atoms with Crippen molar-refractivity contribution in [2.45, 2.75) is 63.9 Å². The molecule has 1 saturated heterocycles. The first-order valence-electron chi connectivity index (χ1n) is 12.4. The topological polar surface area (TPSA) is 120 Å². The average Bonchev–Trinajstić information content (AvgIpc) is 2.87. The lowest BCUT2D eigenvalue weighted by molar-refractivity contribution is -0.161. The van der Waals surface area contributed by atoms with E-state index >= 15 is 0 Å². The summed E-state index contributed by atoms with van der Waals surface area (Å²) in [7, 11) is 0. The van der Waals surface area contributed by atoms with Crippen LogP contribution in [-0.4, -0.2) is 48.6 Å². The molecule has 0 spiro atoms. The number of carbonyl (C=O) groups is 3. The van der Waals surface area contributed by atoms with Gasteiger partial charge in [-0.3, -0.25) is 19.7 Å². The normalized spacial score (nSPS) is 22.3. The van der Waals surface area contributed by atoms with Crippen LogP contribution in [0.2, 0.25) is 0 Å². The highest BCUT2D eigenvalue weighted by atomic mass is 35.5. The van der Waals surface area contributed by atoms with Gasteiger partial charge in [-0.1, -0.05) is 60.7 Å². The van der Waals surface area contributed by atoms with Gasteiger partial charge in [0.15, 0.2) is 5.78 Å². The zero-order valence-electron chi connectivity index (χ0n) is 21.9. The lowest BCUT2D eigenvalue weighted by Crippen LogP contribution is -2.69. The highest BCUT2D eigenvalue weighted by molar-refractivity contribution is 5.96. The molecule has 37 heavy (non-hydrogen) atoms. The predicted molar refractivity (Wildman–Crippen MR) is 144 cm³/mol. The summed E-state index contributed by atoms with van der Waals surface area (Å²) in [5.41, 5.74) is 5.12. The third-order valence-electron chi connectivity index (χ3n) is 6.60. The molecular formula is C28H38ClN3O5. The molecule has 1 aliphatic heterocycles. The van der Waals surface area contributed by atoms with Crippen LogP contribution in [-0.2, 0) is 35.9 Å². The van der Waals surface area contributed by atoms with Crippen LogP contribution in [0, 0.1) is 5.92 Å². The number of hydrogen-bond acceptors (Lipinski definition) is 7. The minimum atomic E-state index is -1.32. The van der Waals surface area contributed by atoms with Crippen LogP contribution in [0.25, 0.3) is 0 Å². The van der Waals surface area contributed by atoms with Crippen molar-refractivity contribution in [1.29, 1.82) is 0 Å². The van der Waals surface area contributed by atoms with Gasteiger partial charge in [-0.2, -0.15) is 0 Å². The number of nitrogens with two attached hydrogens (primary N) is 1.